The second-order valence-corrected chi connectivity index (χ2v) is 16.4. The van der Waals surface area contributed by atoms with Crippen LogP contribution in [0.1, 0.15) is 69.2 Å². The van der Waals surface area contributed by atoms with Crippen LogP contribution in [-0.2, 0) is 0 Å². The van der Waals surface area contributed by atoms with E-state index in [2.05, 4.69) is 188 Å². The number of amidine groups is 2. The Hall–Kier alpha value is -4.96. The van der Waals surface area contributed by atoms with Gasteiger partial charge in [0.1, 0.15) is 11.7 Å². The van der Waals surface area contributed by atoms with Gasteiger partial charge in [-0.15, -0.1) is 0 Å². The van der Waals surface area contributed by atoms with Crippen molar-refractivity contribution in [1.29, 1.82) is 0 Å². The summed E-state index contributed by atoms with van der Waals surface area (Å²) in [6.45, 7) is 22.3. The second kappa shape index (κ2) is 10.8. The molecule has 0 bridgehead atoms. The molecule has 0 saturated carbocycles. The molecule has 8 rings (SSSR count). The Morgan fingerprint density at radius 3 is 1.02 bits per heavy atom. The average Bonchev–Trinajstić information content (AvgIpc) is 3.35. The summed E-state index contributed by atoms with van der Waals surface area (Å²) < 4.78 is 0. The van der Waals surface area contributed by atoms with E-state index in [4.69, 9.17) is 9.98 Å². The second-order valence-electron chi connectivity index (χ2n) is 16.4. The van der Waals surface area contributed by atoms with Crippen LogP contribution in [0.25, 0.3) is 54.6 Å². The molecular weight excluding hydrogens is 609 g/mol. The Balaban J connectivity index is 1.16. The lowest BCUT2D eigenvalue weighted by Gasteiger charge is -2.41. The highest BCUT2D eigenvalue weighted by atomic mass is 15.3. The summed E-state index contributed by atoms with van der Waals surface area (Å²) in [5.74, 6) is 2.13. The van der Waals surface area contributed by atoms with Crippen LogP contribution in [0.2, 0.25) is 0 Å². The molecule has 4 nitrogen and oxygen atoms in total. The molecule has 50 heavy (non-hydrogen) atoms. The minimum absolute atomic E-state index is 0.110. The molecule has 2 aliphatic heterocycles. The van der Waals surface area contributed by atoms with Gasteiger partial charge in [0.25, 0.3) is 0 Å². The van der Waals surface area contributed by atoms with Crippen LogP contribution < -0.4 is 9.80 Å². The van der Waals surface area contributed by atoms with Crippen LogP contribution in [0, 0.1) is 0 Å². The van der Waals surface area contributed by atoms with Gasteiger partial charge >= 0.3 is 0 Å². The molecule has 0 unspecified atom stereocenters. The number of anilines is 2. The van der Waals surface area contributed by atoms with Crippen LogP contribution in [0.5, 0.6) is 0 Å². The van der Waals surface area contributed by atoms with E-state index < -0.39 is 0 Å². The van der Waals surface area contributed by atoms with Gasteiger partial charge < -0.3 is 9.80 Å². The SMILES string of the molecule is CC1=NC(C)(C)C(C)(C)N1c1ccc(-c2ccc3c4ccc(-c5ccc(N6C(C)=NC(C)(C)C6(C)C)cc5)cc4c4ccccc4c3c2)cc1. The first kappa shape index (κ1) is 32.3. The number of fused-ring (bicyclic) bond motifs is 6. The van der Waals surface area contributed by atoms with Gasteiger partial charge in [0, 0.05) is 11.4 Å². The zero-order valence-electron chi connectivity index (χ0n) is 31.2. The summed E-state index contributed by atoms with van der Waals surface area (Å²) in [6.07, 6.45) is 0. The van der Waals surface area contributed by atoms with Crippen LogP contribution >= 0.6 is 0 Å². The van der Waals surface area contributed by atoms with Gasteiger partial charge in [-0.25, -0.2) is 0 Å². The van der Waals surface area contributed by atoms with E-state index in [9.17, 15) is 0 Å². The topological polar surface area (TPSA) is 31.2 Å². The zero-order chi connectivity index (χ0) is 35.4. The third-order valence-electron chi connectivity index (χ3n) is 12.4. The lowest BCUT2D eigenvalue weighted by molar-refractivity contribution is 0.338. The molecule has 0 amide bonds. The maximum absolute atomic E-state index is 4.99. The number of benzene rings is 6. The van der Waals surface area contributed by atoms with Crippen LogP contribution in [0.4, 0.5) is 11.4 Å². The van der Waals surface area contributed by atoms with Crippen LogP contribution in [-0.4, -0.2) is 33.8 Å². The van der Waals surface area contributed by atoms with E-state index >= 15 is 0 Å². The molecule has 4 heteroatoms. The van der Waals surface area contributed by atoms with E-state index in [1.165, 1.54) is 65.9 Å². The van der Waals surface area contributed by atoms with Gasteiger partial charge in [0.05, 0.1) is 22.2 Å². The van der Waals surface area contributed by atoms with Crippen molar-refractivity contribution in [2.45, 2.75) is 91.4 Å². The number of rotatable bonds is 4. The van der Waals surface area contributed by atoms with Gasteiger partial charge in [0.15, 0.2) is 0 Å². The molecular formula is C46H48N4. The van der Waals surface area contributed by atoms with E-state index in [0.29, 0.717) is 0 Å². The fourth-order valence-corrected chi connectivity index (χ4v) is 8.48. The Labute approximate surface area is 297 Å². The Bertz CT molecular complexity index is 2200. The molecule has 0 aromatic heterocycles. The van der Waals surface area contributed by atoms with E-state index in [-0.39, 0.29) is 22.2 Å². The number of hydrogen-bond acceptors (Lipinski definition) is 4. The fraction of sp³-hybridized carbons (Fsp3) is 0.304. The molecule has 2 heterocycles. The van der Waals surface area contributed by atoms with E-state index in [1.54, 1.807) is 0 Å². The standard InChI is InChI=1S/C46H48N4/c1-29-47-43(3,4)45(7,8)49(29)35-21-15-31(16-22-35)33-19-25-39-40-26-20-34(28-42(40)38-14-12-11-13-37(38)41(39)27-33)32-17-23-36(24-18-32)50-30(2)48-44(5,6)46(50,9)10/h11-28H,1-10H3. The summed E-state index contributed by atoms with van der Waals surface area (Å²) in [5.41, 5.74) is 6.72. The van der Waals surface area contributed by atoms with Crippen molar-refractivity contribution < 1.29 is 0 Å². The quantitative estimate of drug-likeness (QED) is 0.177. The molecule has 6 aromatic rings. The summed E-state index contributed by atoms with van der Waals surface area (Å²) in [4.78, 5) is 14.7. The molecule has 0 radical (unpaired) electrons. The Morgan fingerprint density at radius 2 is 0.700 bits per heavy atom. The van der Waals surface area contributed by atoms with Crippen molar-refractivity contribution in [1.82, 2.24) is 0 Å². The van der Waals surface area contributed by atoms with Crippen molar-refractivity contribution in [2.24, 2.45) is 9.98 Å². The molecule has 252 valence electrons. The largest absolute Gasteiger partial charge is 0.322 e. The summed E-state index contributed by atoms with van der Waals surface area (Å²) >= 11 is 0. The molecule has 0 aliphatic carbocycles. The third kappa shape index (κ3) is 4.64. The van der Waals surface area contributed by atoms with Crippen molar-refractivity contribution in [3.8, 4) is 22.3 Å². The van der Waals surface area contributed by atoms with Gasteiger partial charge in [-0.3, -0.25) is 9.98 Å². The van der Waals surface area contributed by atoms with Crippen LogP contribution in [0.3, 0.4) is 0 Å². The fourth-order valence-electron chi connectivity index (χ4n) is 8.48. The van der Waals surface area contributed by atoms with Gasteiger partial charge in [-0.05, 0) is 160 Å². The average molecular weight is 657 g/mol. The van der Waals surface area contributed by atoms with E-state index in [1.807, 2.05) is 0 Å². The highest BCUT2D eigenvalue weighted by molar-refractivity contribution is 6.26. The summed E-state index contributed by atoms with van der Waals surface area (Å²) in [7, 11) is 0. The van der Waals surface area contributed by atoms with Gasteiger partial charge in [0.2, 0.25) is 0 Å². The Kier molecular flexibility index (Phi) is 6.95. The van der Waals surface area contributed by atoms with Gasteiger partial charge in [-0.1, -0.05) is 72.8 Å². The third-order valence-corrected chi connectivity index (χ3v) is 12.4. The molecule has 0 atom stereocenters. The van der Waals surface area contributed by atoms with E-state index in [0.717, 1.165) is 11.7 Å². The molecule has 2 aliphatic rings. The predicted octanol–water partition coefficient (Wildman–Crippen LogP) is 12.1. The minimum atomic E-state index is -0.152. The van der Waals surface area contributed by atoms with Gasteiger partial charge in [-0.2, -0.15) is 0 Å². The first-order valence-electron chi connectivity index (χ1n) is 17.9. The molecule has 0 fully saturated rings. The van der Waals surface area contributed by atoms with Crippen LogP contribution in [0.15, 0.2) is 119 Å². The minimum Gasteiger partial charge on any atom is -0.322 e. The lowest BCUT2D eigenvalue weighted by Crippen LogP contribution is -2.52. The highest BCUT2D eigenvalue weighted by Gasteiger charge is 2.49. The first-order chi connectivity index (χ1) is 23.6. The van der Waals surface area contributed by atoms with Crippen molar-refractivity contribution in [3.63, 3.8) is 0 Å². The normalized spacial score (nSPS) is 19.0. The first-order valence-corrected chi connectivity index (χ1v) is 17.9. The lowest BCUT2D eigenvalue weighted by atomic mass is 9.83. The molecule has 0 spiro atoms. The highest BCUT2D eigenvalue weighted by Crippen LogP contribution is 2.44. The van der Waals surface area contributed by atoms with Crippen molar-refractivity contribution in [2.75, 3.05) is 9.80 Å². The number of aliphatic imine (C=N–C) groups is 2. The number of hydrogen-bond donors (Lipinski definition) is 0. The number of nitrogens with zero attached hydrogens (tertiary/aromatic N) is 4. The molecule has 6 aromatic carbocycles. The monoisotopic (exact) mass is 656 g/mol. The van der Waals surface area contributed by atoms with Crippen molar-refractivity contribution in [3.05, 3.63) is 109 Å². The smallest absolute Gasteiger partial charge is 0.102 e. The zero-order valence-corrected chi connectivity index (χ0v) is 31.2. The predicted molar refractivity (Wildman–Crippen MR) is 217 cm³/mol. The summed E-state index contributed by atoms with van der Waals surface area (Å²) in [6, 6.07) is 40.8. The Morgan fingerprint density at radius 1 is 0.380 bits per heavy atom. The molecule has 0 N–H and O–H groups in total. The maximum Gasteiger partial charge on any atom is 0.102 e. The summed E-state index contributed by atoms with van der Waals surface area (Å²) in [5, 5.41) is 7.69. The van der Waals surface area contributed by atoms with Crippen molar-refractivity contribution >= 4 is 55.4 Å². The molecule has 0 saturated heterocycles. The maximum atomic E-state index is 4.99.